The van der Waals surface area contributed by atoms with Crippen molar-refractivity contribution in [2.24, 2.45) is 0 Å². The molecule has 5 rings (SSSR count). The van der Waals surface area contributed by atoms with Crippen molar-refractivity contribution in [3.05, 3.63) is 46.3 Å². The Morgan fingerprint density at radius 3 is 2.79 bits per heavy atom. The number of aryl methyl sites for hydroxylation is 1. The molecule has 3 aliphatic rings. The second kappa shape index (κ2) is 7.71. The highest BCUT2D eigenvalue weighted by Crippen LogP contribution is 2.38. The van der Waals surface area contributed by atoms with Crippen LogP contribution >= 0.6 is 0 Å². The maximum absolute atomic E-state index is 12.7. The number of likely N-dealkylation sites (tertiary alicyclic amines) is 1. The fraction of sp³-hybridized carbons (Fsp3) is 0.458. The van der Waals surface area contributed by atoms with Crippen molar-refractivity contribution < 1.29 is 9.53 Å². The molecule has 1 aromatic carbocycles. The Hall–Kier alpha value is -2.53. The molecule has 1 fully saturated rings. The molecule has 0 saturated carbocycles. The summed E-state index contributed by atoms with van der Waals surface area (Å²) < 4.78 is 5.72. The molecular formula is C24H29N3O2. The van der Waals surface area contributed by atoms with Gasteiger partial charge in [-0.05, 0) is 81.8 Å². The fourth-order valence-corrected chi connectivity index (χ4v) is 4.98. The molecular weight excluding hydrogens is 362 g/mol. The van der Waals surface area contributed by atoms with Crippen molar-refractivity contribution in [2.75, 3.05) is 32.1 Å². The fourth-order valence-electron chi connectivity index (χ4n) is 4.98. The number of ether oxygens (including phenoxy) is 1. The zero-order valence-corrected chi connectivity index (χ0v) is 17.1. The van der Waals surface area contributed by atoms with E-state index in [0.29, 0.717) is 0 Å². The summed E-state index contributed by atoms with van der Waals surface area (Å²) in [6, 6.07) is 6.38. The number of aromatic nitrogens is 1. The van der Waals surface area contributed by atoms with Crippen LogP contribution < -0.4 is 10.1 Å². The first-order chi connectivity index (χ1) is 14.2. The molecule has 0 radical (unpaired) electrons. The lowest BCUT2D eigenvalue weighted by Crippen LogP contribution is -2.21. The summed E-state index contributed by atoms with van der Waals surface area (Å²) in [5, 5.41) is 3.02. The first-order valence-corrected chi connectivity index (χ1v) is 10.9. The van der Waals surface area contributed by atoms with Crippen LogP contribution in [0.5, 0.6) is 5.75 Å². The Morgan fingerprint density at radius 1 is 1.14 bits per heavy atom. The molecule has 29 heavy (non-hydrogen) atoms. The Balaban J connectivity index is 1.45. The van der Waals surface area contributed by atoms with Gasteiger partial charge in [-0.1, -0.05) is 6.07 Å². The zero-order valence-electron chi connectivity index (χ0n) is 17.1. The van der Waals surface area contributed by atoms with Gasteiger partial charge in [0.2, 0.25) is 0 Å². The summed E-state index contributed by atoms with van der Waals surface area (Å²) in [7, 11) is 1.72. The number of carbonyl (C=O) groups is 1. The van der Waals surface area contributed by atoms with Crippen molar-refractivity contribution in [1.82, 2.24) is 9.88 Å². The van der Waals surface area contributed by atoms with Crippen molar-refractivity contribution in [3.63, 3.8) is 0 Å². The molecule has 5 heteroatoms. The molecule has 1 saturated heterocycles. The minimum absolute atomic E-state index is 0.0358. The number of H-pyrrole nitrogens is 1. The molecule has 152 valence electrons. The van der Waals surface area contributed by atoms with E-state index in [2.05, 4.69) is 27.3 Å². The molecule has 1 aliphatic carbocycles. The standard InChI is InChI=1S/C24H29N3O2/c1-29-23-17-6-2-3-7-20(17)25-22(23)15-19-18-14-16(8-9-21(18)26-24(19)28)10-13-27-11-4-5-12-27/h8-9,14-15,25H,2-7,10-13H2,1H3,(H,26,28). The molecule has 0 atom stereocenters. The maximum Gasteiger partial charge on any atom is 0.256 e. The SMILES string of the molecule is COc1c(C=C2C(=O)Nc3ccc(CCN4CCCC4)cc32)[nH]c2c1CCCC2. The topological polar surface area (TPSA) is 57.4 Å². The van der Waals surface area contributed by atoms with Crippen molar-refractivity contribution in [1.29, 1.82) is 0 Å². The quantitative estimate of drug-likeness (QED) is 0.757. The van der Waals surface area contributed by atoms with Crippen LogP contribution in [0.3, 0.4) is 0 Å². The molecule has 0 spiro atoms. The highest BCUT2D eigenvalue weighted by molar-refractivity contribution is 6.35. The minimum atomic E-state index is -0.0358. The largest absolute Gasteiger partial charge is 0.494 e. The van der Waals surface area contributed by atoms with Gasteiger partial charge in [0.15, 0.2) is 0 Å². The van der Waals surface area contributed by atoms with Gasteiger partial charge in [-0.2, -0.15) is 0 Å². The number of amides is 1. The normalized spacial score (nSPS) is 20.0. The first-order valence-electron chi connectivity index (χ1n) is 10.9. The average molecular weight is 392 g/mol. The van der Waals surface area contributed by atoms with E-state index in [-0.39, 0.29) is 5.91 Å². The monoisotopic (exact) mass is 391 g/mol. The number of rotatable bonds is 5. The van der Waals surface area contributed by atoms with E-state index in [1.807, 2.05) is 12.1 Å². The van der Waals surface area contributed by atoms with Crippen molar-refractivity contribution in [2.45, 2.75) is 44.9 Å². The third-order valence-electron chi connectivity index (χ3n) is 6.55. The average Bonchev–Trinajstić information content (AvgIpc) is 3.44. The molecule has 0 unspecified atom stereocenters. The van der Waals surface area contributed by atoms with Crippen LogP contribution in [0.4, 0.5) is 5.69 Å². The molecule has 2 N–H and O–H groups in total. The Kier molecular flexibility index (Phi) is 4.92. The lowest BCUT2D eigenvalue weighted by Gasteiger charge is -2.14. The van der Waals surface area contributed by atoms with Crippen LogP contribution in [-0.2, 0) is 24.1 Å². The predicted octanol–water partition coefficient (Wildman–Crippen LogP) is 4.03. The number of hydrogen-bond acceptors (Lipinski definition) is 3. The number of benzene rings is 1. The second-order valence-electron chi connectivity index (χ2n) is 8.43. The van der Waals surface area contributed by atoms with Crippen molar-refractivity contribution >= 4 is 23.2 Å². The third kappa shape index (κ3) is 3.48. The maximum atomic E-state index is 12.7. The Labute approximate surface area is 172 Å². The van der Waals surface area contributed by atoms with Gasteiger partial charge < -0.3 is 19.9 Å². The number of nitrogens with one attached hydrogen (secondary N) is 2. The van der Waals surface area contributed by atoms with Crippen LogP contribution in [0.2, 0.25) is 0 Å². The molecule has 0 bridgehead atoms. The molecule has 2 aliphatic heterocycles. The molecule has 3 heterocycles. The van der Waals surface area contributed by atoms with E-state index < -0.39 is 0 Å². The third-order valence-corrected chi connectivity index (χ3v) is 6.55. The molecule has 2 aromatic rings. The van der Waals surface area contributed by atoms with Gasteiger partial charge in [-0.3, -0.25) is 4.79 Å². The minimum Gasteiger partial charge on any atom is -0.494 e. The van der Waals surface area contributed by atoms with Crippen LogP contribution in [-0.4, -0.2) is 42.5 Å². The number of aromatic amines is 1. The van der Waals surface area contributed by atoms with E-state index in [1.165, 1.54) is 55.6 Å². The van der Waals surface area contributed by atoms with E-state index in [9.17, 15) is 4.79 Å². The molecule has 1 amide bonds. The zero-order chi connectivity index (χ0) is 19.8. The summed E-state index contributed by atoms with van der Waals surface area (Å²) in [6.07, 6.45) is 10.1. The van der Waals surface area contributed by atoms with Crippen molar-refractivity contribution in [3.8, 4) is 5.75 Å². The van der Waals surface area contributed by atoms with E-state index in [1.54, 1.807) is 7.11 Å². The highest BCUT2D eigenvalue weighted by atomic mass is 16.5. The van der Waals surface area contributed by atoms with Gasteiger partial charge in [0.25, 0.3) is 5.91 Å². The van der Waals surface area contributed by atoms with E-state index in [0.717, 1.165) is 54.1 Å². The van der Waals surface area contributed by atoms with Gasteiger partial charge in [-0.15, -0.1) is 0 Å². The summed E-state index contributed by atoms with van der Waals surface area (Å²) in [4.78, 5) is 18.8. The number of anilines is 1. The number of fused-ring (bicyclic) bond motifs is 2. The van der Waals surface area contributed by atoms with Gasteiger partial charge >= 0.3 is 0 Å². The second-order valence-corrected chi connectivity index (χ2v) is 8.43. The van der Waals surface area contributed by atoms with Gasteiger partial charge in [0.05, 0.1) is 18.4 Å². The van der Waals surface area contributed by atoms with Crippen LogP contribution in [0.1, 0.15) is 53.8 Å². The number of carbonyl (C=O) groups excluding carboxylic acids is 1. The lowest BCUT2D eigenvalue weighted by molar-refractivity contribution is -0.110. The van der Waals surface area contributed by atoms with Crippen LogP contribution in [0.25, 0.3) is 11.6 Å². The number of methoxy groups -OCH3 is 1. The molecule has 5 nitrogen and oxygen atoms in total. The van der Waals surface area contributed by atoms with Gasteiger partial charge in [0.1, 0.15) is 5.75 Å². The summed E-state index contributed by atoms with van der Waals surface area (Å²) in [5.74, 6) is 0.866. The summed E-state index contributed by atoms with van der Waals surface area (Å²) >= 11 is 0. The van der Waals surface area contributed by atoms with Crippen LogP contribution in [0.15, 0.2) is 18.2 Å². The Morgan fingerprint density at radius 2 is 1.97 bits per heavy atom. The predicted molar refractivity (Wildman–Crippen MR) is 116 cm³/mol. The summed E-state index contributed by atoms with van der Waals surface area (Å²) in [5.41, 5.74) is 7.38. The first kappa shape index (κ1) is 18.5. The highest BCUT2D eigenvalue weighted by Gasteiger charge is 2.27. The van der Waals surface area contributed by atoms with E-state index >= 15 is 0 Å². The Bertz CT molecular complexity index is 967. The number of hydrogen-bond donors (Lipinski definition) is 2. The summed E-state index contributed by atoms with van der Waals surface area (Å²) in [6.45, 7) is 3.53. The smallest absolute Gasteiger partial charge is 0.256 e. The number of nitrogens with zero attached hydrogens (tertiary/aromatic N) is 1. The van der Waals surface area contributed by atoms with E-state index in [4.69, 9.17) is 4.74 Å². The van der Waals surface area contributed by atoms with Gasteiger partial charge in [0, 0.05) is 29.1 Å². The lowest BCUT2D eigenvalue weighted by atomic mass is 9.97. The van der Waals surface area contributed by atoms with Gasteiger partial charge in [-0.25, -0.2) is 0 Å². The van der Waals surface area contributed by atoms with Crippen LogP contribution in [0, 0.1) is 0 Å². The molecule has 1 aromatic heterocycles.